The summed E-state index contributed by atoms with van der Waals surface area (Å²) >= 11 is 3.42. The second kappa shape index (κ2) is 6.93. The maximum Gasteiger partial charge on any atom is 0.0658 e. The molecule has 0 spiro atoms. The van der Waals surface area contributed by atoms with Gasteiger partial charge in [-0.05, 0) is 40.5 Å². The number of aromatic nitrogens is 1. The molecule has 0 fully saturated rings. The molecule has 1 N–H and O–H groups in total. The van der Waals surface area contributed by atoms with Crippen LogP contribution in [0.2, 0.25) is 0 Å². The lowest BCUT2D eigenvalue weighted by atomic mass is 10.1. The van der Waals surface area contributed by atoms with Gasteiger partial charge in [0.15, 0.2) is 0 Å². The van der Waals surface area contributed by atoms with E-state index in [1.54, 1.807) is 13.3 Å². The van der Waals surface area contributed by atoms with Gasteiger partial charge in [0.25, 0.3) is 0 Å². The topological polar surface area (TPSA) is 34.1 Å². The summed E-state index contributed by atoms with van der Waals surface area (Å²) in [5.41, 5.74) is 1.15. The Kier molecular flexibility index (Phi) is 5.83. The zero-order valence-electron chi connectivity index (χ0n) is 9.16. The summed E-state index contributed by atoms with van der Waals surface area (Å²) in [4.78, 5) is 4.15. The smallest absolute Gasteiger partial charge is 0.0658 e. The Morgan fingerprint density at radius 3 is 2.93 bits per heavy atom. The summed E-state index contributed by atoms with van der Waals surface area (Å²) in [6.07, 6.45) is 4.77. The molecular formula is C11H17BrN2O. The monoisotopic (exact) mass is 272 g/mol. The molecule has 3 nitrogen and oxygen atoms in total. The van der Waals surface area contributed by atoms with Gasteiger partial charge in [-0.15, -0.1) is 0 Å². The maximum atomic E-state index is 5.19. The highest BCUT2D eigenvalue weighted by Gasteiger charge is 2.10. The minimum absolute atomic E-state index is 0.222. The molecule has 0 aliphatic heterocycles. The first-order valence-electron chi connectivity index (χ1n) is 5.10. The lowest BCUT2D eigenvalue weighted by Crippen LogP contribution is -2.26. The Bertz CT molecular complexity index is 294. The van der Waals surface area contributed by atoms with E-state index in [2.05, 4.69) is 39.2 Å². The van der Waals surface area contributed by atoms with E-state index in [0.29, 0.717) is 6.61 Å². The highest BCUT2D eigenvalue weighted by molar-refractivity contribution is 9.10. The minimum atomic E-state index is 0.222. The van der Waals surface area contributed by atoms with Gasteiger partial charge in [0.1, 0.15) is 0 Å². The normalized spacial score (nSPS) is 12.7. The molecule has 1 aromatic heterocycles. The summed E-state index contributed by atoms with van der Waals surface area (Å²) in [5, 5.41) is 3.43. The molecule has 0 aliphatic carbocycles. The standard InChI is InChI=1S/C11H17BrN2O/c1-3-4-14-11(8-15-2)9-5-10(12)7-13-6-9/h5-7,11,14H,3-4,8H2,1-2H3. The fourth-order valence-electron chi connectivity index (χ4n) is 1.38. The lowest BCUT2D eigenvalue weighted by molar-refractivity contribution is 0.167. The quantitative estimate of drug-likeness (QED) is 0.864. The minimum Gasteiger partial charge on any atom is -0.383 e. The molecule has 1 unspecified atom stereocenters. The number of methoxy groups -OCH3 is 1. The SMILES string of the molecule is CCCNC(COC)c1cncc(Br)c1. The predicted molar refractivity (Wildman–Crippen MR) is 64.8 cm³/mol. The van der Waals surface area contributed by atoms with Crippen molar-refractivity contribution in [3.05, 3.63) is 28.5 Å². The van der Waals surface area contributed by atoms with Crippen LogP contribution < -0.4 is 5.32 Å². The highest BCUT2D eigenvalue weighted by atomic mass is 79.9. The van der Waals surface area contributed by atoms with Gasteiger partial charge in [0.2, 0.25) is 0 Å². The first kappa shape index (κ1) is 12.6. The molecule has 1 rings (SSSR count). The number of pyridine rings is 1. The third-order valence-electron chi connectivity index (χ3n) is 2.10. The Morgan fingerprint density at radius 1 is 1.53 bits per heavy atom. The Labute approximate surface area is 99.4 Å². The van der Waals surface area contributed by atoms with Gasteiger partial charge in [0.05, 0.1) is 12.6 Å². The summed E-state index contributed by atoms with van der Waals surface area (Å²) in [6.45, 7) is 3.80. The zero-order chi connectivity index (χ0) is 11.1. The molecule has 15 heavy (non-hydrogen) atoms. The van der Waals surface area contributed by atoms with Crippen LogP contribution in [0.25, 0.3) is 0 Å². The van der Waals surface area contributed by atoms with E-state index >= 15 is 0 Å². The van der Waals surface area contributed by atoms with E-state index in [1.807, 2.05) is 6.20 Å². The number of ether oxygens (including phenoxy) is 1. The van der Waals surface area contributed by atoms with Gasteiger partial charge in [-0.1, -0.05) is 6.92 Å². The van der Waals surface area contributed by atoms with Crippen molar-refractivity contribution in [2.75, 3.05) is 20.3 Å². The second-order valence-corrected chi connectivity index (χ2v) is 4.31. The average molecular weight is 273 g/mol. The van der Waals surface area contributed by atoms with Crippen LogP contribution in [0, 0.1) is 0 Å². The molecule has 4 heteroatoms. The molecule has 0 bridgehead atoms. The number of rotatable bonds is 6. The third kappa shape index (κ3) is 4.28. The molecule has 0 amide bonds. The first-order valence-corrected chi connectivity index (χ1v) is 5.90. The largest absolute Gasteiger partial charge is 0.383 e. The van der Waals surface area contributed by atoms with Crippen molar-refractivity contribution in [2.24, 2.45) is 0 Å². The van der Waals surface area contributed by atoms with Crippen molar-refractivity contribution in [1.29, 1.82) is 0 Å². The van der Waals surface area contributed by atoms with Gasteiger partial charge in [0, 0.05) is 24.0 Å². The summed E-state index contributed by atoms with van der Waals surface area (Å²) in [7, 11) is 1.71. The molecule has 1 aromatic rings. The van der Waals surface area contributed by atoms with E-state index in [9.17, 15) is 0 Å². The molecule has 0 saturated heterocycles. The number of hydrogen-bond acceptors (Lipinski definition) is 3. The molecule has 0 aliphatic rings. The molecule has 0 saturated carbocycles. The van der Waals surface area contributed by atoms with Crippen LogP contribution in [0.3, 0.4) is 0 Å². The maximum absolute atomic E-state index is 5.19. The van der Waals surface area contributed by atoms with Crippen LogP contribution in [-0.4, -0.2) is 25.2 Å². The summed E-state index contributed by atoms with van der Waals surface area (Å²) < 4.78 is 6.19. The van der Waals surface area contributed by atoms with Crippen molar-refractivity contribution in [3.63, 3.8) is 0 Å². The van der Waals surface area contributed by atoms with Gasteiger partial charge in [-0.3, -0.25) is 4.98 Å². The molecule has 84 valence electrons. The zero-order valence-corrected chi connectivity index (χ0v) is 10.8. The molecule has 1 atom stereocenters. The van der Waals surface area contributed by atoms with Gasteiger partial charge in [-0.25, -0.2) is 0 Å². The Hall–Kier alpha value is -0.450. The van der Waals surface area contributed by atoms with Crippen LogP contribution in [0.4, 0.5) is 0 Å². The van der Waals surface area contributed by atoms with E-state index in [1.165, 1.54) is 0 Å². The average Bonchev–Trinajstić information content (AvgIpc) is 2.24. The van der Waals surface area contributed by atoms with Crippen LogP contribution in [0.15, 0.2) is 22.9 Å². The predicted octanol–water partition coefficient (Wildman–Crippen LogP) is 2.53. The van der Waals surface area contributed by atoms with Crippen LogP contribution in [0.1, 0.15) is 24.9 Å². The van der Waals surface area contributed by atoms with Crippen molar-refractivity contribution >= 4 is 15.9 Å². The Morgan fingerprint density at radius 2 is 2.33 bits per heavy atom. The number of nitrogens with zero attached hydrogens (tertiary/aromatic N) is 1. The molecule has 0 aromatic carbocycles. The Balaban J connectivity index is 2.69. The number of halogens is 1. The van der Waals surface area contributed by atoms with E-state index in [4.69, 9.17) is 4.74 Å². The van der Waals surface area contributed by atoms with Crippen molar-refractivity contribution in [3.8, 4) is 0 Å². The number of hydrogen-bond donors (Lipinski definition) is 1. The van der Waals surface area contributed by atoms with Crippen molar-refractivity contribution < 1.29 is 4.74 Å². The van der Waals surface area contributed by atoms with Gasteiger partial charge in [-0.2, -0.15) is 0 Å². The highest BCUT2D eigenvalue weighted by Crippen LogP contribution is 2.16. The first-order chi connectivity index (χ1) is 7.27. The van der Waals surface area contributed by atoms with E-state index < -0.39 is 0 Å². The van der Waals surface area contributed by atoms with Crippen LogP contribution in [-0.2, 0) is 4.74 Å². The summed E-state index contributed by atoms with van der Waals surface area (Å²) in [6, 6.07) is 2.29. The van der Waals surface area contributed by atoms with Crippen molar-refractivity contribution in [2.45, 2.75) is 19.4 Å². The summed E-state index contributed by atoms with van der Waals surface area (Å²) in [5.74, 6) is 0. The molecule has 1 heterocycles. The number of nitrogens with one attached hydrogen (secondary N) is 1. The van der Waals surface area contributed by atoms with Crippen LogP contribution in [0.5, 0.6) is 0 Å². The lowest BCUT2D eigenvalue weighted by Gasteiger charge is -2.17. The van der Waals surface area contributed by atoms with Gasteiger partial charge < -0.3 is 10.1 Å². The molecular weight excluding hydrogens is 256 g/mol. The fourth-order valence-corrected chi connectivity index (χ4v) is 1.76. The van der Waals surface area contributed by atoms with E-state index in [-0.39, 0.29) is 6.04 Å². The fraction of sp³-hybridized carbons (Fsp3) is 0.545. The second-order valence-electron chi connectivity index (χ2n) is 3.40. The third-order valence-corrected chi connectivity index (χ3v) is 2.54. The van der Waals surface area contributed by atoms with Crippen molar-refractivity contribution in [1.82, 2.24) is 10.3 Å². The molecule has 0 radical (unpaired) electrons. The van der Waals surface area contributed by atoms with Gasteiger partial charge >= 0.3 is 0 Å². The van der Waals surface area contributed by atoms with E-state index in [0.717, 1.165) is 23.0 Å². The van der Waals surface area contributed by atoms with Crippen LogP contribution >= 0.6 is 15.9 Å².